The number of rotatable bonds is 5. The number of alkyl halides is 3. The molecule has 0 bridgehead atoms. The molecule has 0 aliphatic rings. The predicted octanol–water partition coefficient (Wildman–Crippen LogP) is 2.71. The molecule has 0 atom stereocenters. The van der Waals surface area contributed by atoms with Crippen LogP contribution >= 0.6 is 0 Å². The highest BCUT2D eigenvalue weighted by Gasteiger charge is 2.27. The fraction of sp³-hybridized carbons (Fsp3) is 0.455. The number of benzene rings is 1. The maximum Gasteiger partial charge on any atom is 0.411 e. The van der Waals surface area contributed by atoms with Gasteiger partial charge in [-0.15, -0.1) is 0 Å². The maximum absolute atomic E-state index is 13.1. The zero-order valence-corrected chi connectivity index (χ0v) is 9.77. The van der Waals surface area contributed by atoms with Gasteiger partial charge in [-0.25, -0.2) is 4.39 Å². The standard InChI is InChI=1S/C11H14F4N2O/c1-7-4-10(9(16)5-8(7)12)17-2-3-18-6-11(13,14)15/h4-5,17H,2-3,6,16H2,1H3. The first-order valence-corrected chi connectivity index (χ1v) is 5.23. The SMILES string of the molecule is Cc1cc(NCCOCC(F)(F)F)c(N)cc1F. The Bertz CT molecular complexity index is 407. The summed E-state index contributed by atoms with van der Waals surface area (Å²) in [7, 11) is 0. The van der Waals surface area contributed by atoms with Crippen molar-refractivity contribution in [3.8, 4) is 0 Å². The van der Waals surface area contributed by atoms with E-state index in [2.05, 4.69) is 10.1 Å². The molecule has 0 heterocycles. The molecule has 1 rings (SSSR count). The van der Waals surface area contributed by atoms with E-state index in [0.29, 0.717) is 11.3 Å². The van der Waals surface area contributed by atoms with Crippen LogP contribution in [0.1, 0.15) is 5.56 Å². The minimum Gasteiger partial charge on any atom is -0.397 e. The lowest BCUT2D eigenvalue weighted by Crippen LogP contribution is -2.20. The number of ether oxygens (including phenoxy) is 1. The molecule has 3 nitrogen and oxygen atoms in total. The molecule has 0 aliphatic heterocycles. The average Bonchev–Trinajstić information content (AvgIpc) is 2.23. The Labute approximate surface area is 102 Å². The molecule has 0 unspecified atom stereocenters. The third kappa shape index (κ3) is 4.79. The molecule has 102 valence electrons. The molecule has 0 saturated carbocycles. The first kappa shape index (κ1) is 14.6. The van der Waals surface area contributed by atoms with Crippen LogP contribution in [0.4, 0.5) is 28.9 Å². The Morgan fingerprint density at radius 3 is 2.61 bits per heavy atom. The van der Waals surface area contributed by atoms with Gasteiger partial charge in [-0.2, -0.15) is 13.2 Å². The summed E-state index contributed by atoms with van der Waals surface area (Å²) in [6.45, 7) is 0.327. The van der Waals surface area contributed by atoms with Crippen molar-refractivity contribution in [1.82, 2.24) is 0 Å². The second-order valence-corrected chi connectivity index (χ2v) is 3.78. The van der Waals surface area contributed by atoms with Crippen molar-refractivity contribution in [3.05, 3.63) is 23.5 Å². The number of hydrogen-bond acceptors (Lipinski definition) is 3. The Balaban J connectivity index is 2.38. The van der Waals surface area contributed by atoms with E-state index in [1.807, 2.05) is 0 Å². The summed E-state index contributed by atoms with van der Waals surface area (Å²) < 4.78 is 52.8. The topological polar surface area (TPSA) is 47.3 Å². The van der Waals surface area contributed by atoms with E-state index in [0.717, 1.165) is 6.07 Å². The van der Waals surface area contributed by atoms with Crippen molar-refractivity contribution in [2.45, 2.75) is 13.1 Å². The van der Waals surface area contributed by atoms with Crippen molar-refractivity contribution in [1.29, 1.82) is 0 Å². The summed E-state index contributed by atoms with van der Waals surface area (Å²) in [5.74, 6) is -0.425. The summed E-state index contributed by atoms with van der Waals surface area (Å²) in [6.07, 6.45) is -4.33. The van der Waals surface area contributed by atoms with E-state index in [4.69, 9.17) is 5.73 Å². The van der Waals surface area contributed by atoms with Crippen LogP contribution < -0.4 is 11.1 Å². The van der Waals surface area contributed by atoms with E-state index in [1.165, 1.54) is 6.07 Å². The lowest BCUT2D eigenvalue weighted by Gasteiger charge is -2.12. The molecular formula is C11H14F4N2O. The van der Waals surface area contributed by atoms with Gasteiger partial charge in [0, 0.05) is 6.54 Å². The molecule has 0 radical (unpaired) electrons. The first-order valence-electron chi connectivity index (χ1n) is 5.23. The van der Waals surface area contributed by atoms with E-state index >= 15 is 0 Å². The molecule has 1 aromatic rings. The summed E-state index contributed by atoms with van der Waals surface area (Å²) >= 11 is 0. The molecule has 7 heteroatoms. The lowest BCUT2D eigenvalue weighted by atomic mass is 10.2. The Morgan fingerprint density at radius 2 is 2.00 bits per heavy atom. The molecule has 18 heavy (non-hydrogen) atoms. The smallest absolute Gasteiger partial charge is 0.397 e. The van der Waals surface area contributed by atoms with Gasteiger partial charge in [0.05, 0.1) is 18.0 Å². The normalized spacial score (nSPS) is 11.6. The van der Waals surface area contributed by atoms with Gasteiger partial charge >= 0.3 is 6.18 Å². The van der Waals surface area contributed by atoms with Crippen LogP contribution in [0.2, 0.25) is 0 Å². The monoisotopic (exact) mass is 266 g/mol. The highest BCUT2D eigenvalue weighted by molar-refractivity contribution is 5.67. The molecular weight excluding hydrogens is 252 g/mol. The molecule has 0 saturated heterocycles. The molecule has 0 amide bonds. The van der Waals surface area contributed by atoms with Crippen molar-refractivity contribution >= 4 is 11.4 Å². The van der Waals surface area contributed by atoms with Crippen molar-refractivity contribution in [2.24, 2.45) is 0 Å². The third-order valence-corrected chi connectivity index (χ3v) is 2.16. The molecule has 0 aromatic heterocycles. The fourth-order valence-electron chi connectivity index (χ4n) is 1.30. The van der Waals surface area contributed by atoms with E-state index in [-0.39, 0.29) is 18.8 Å². The van der Waals surface area contributed by atoms with Crippen molar-refractivity contribution in [3.63, 3.8) is 0 Å². The number of anilines is 2. The van der Waals surface area contributed by atoms with Crippen LogP contribution in [0.5, 0.6) is 0 Å². The van der Waals surface area contributed by atoms with Gasteiger partial charge in [-0.1, -0.05) is 0 Å². The van der Waals surface area contributed by atoms with E-state index in [9.17, 15) is 17.6 Å². The molecule has 0 aliphatic carbocycles. The number of nitrogens with two attached hydrogens (primary N) is 1. The largest absolute Gasteiger partial charge is 0.411 e. The summed E-state index contributed by atoms with van der Waals surface area (Å²) in [4.78, 5) is 0. The molecule has 1 aromatic carbocycles. The molecule has 0 fully saturated rings. The average molecular weight is 266 g/mol. The van der Waals surface area contributed by atoms with Crippen LogP contribution in [-0.4, -0.2) is 25.9 Å². The van der Waals surface area contributed by atoms with Crippen LogP contribution in [0.25, 0.3) is 0 Å². The summed E-state index contributed by atoms with van der Waals surface area (Å²) in [5, 5.41) is 2.78. The second-order valence-electron chi connectivity index (χ2n) is 3.78. The maximum atomic E-state index is 13.1. The van der Waals surface area contributed by atoms with E-state index < -0.39 is 18.6 Å². The Hall–Kier alpha value is -1.50. The number of hydrogen-bond donors (Lipinski definition) is 2. The summed E-state index contributed by atoms with van der Waals surface area (Å²) in [5.41, 5.74) is 6.64. The van der Waals surface area contributed by atoms with Gasteiger partial charge in [0.1, 0.15) is 12.4 Å². The van der Waals surface area contributed by atoms with Crippen molar-refractivity contribution in [2.75, 3.05) is 30.8 Å². The zero-order valence-electron chi connectivity index (χ0n) is 9.77. The van der Waals surface area contributed by atoms with Crippen LogP contribution in [0, 0.1) is 12.7 Å². The molecule has 0 spiro atoms. The number of nitrogen functional groups attached to an aromatic ring is 1. The Morgan fingerprint density at radius 1 is 1.33 bits per heavy atom. The second kappa shape index (κ2) is 5.90. The highest BCUT2D eigenvalue weighted by atomic mass is 19.4. The highest BCUT2D eigenvalue weighted by Crippen LogP contribution is 2.22. The minimum atomic E-state index is -4.33. The molecule has 3 N–H and O–H groups in total. The van der Waals surface area contributed by atoms with Gasteiger partial charge in [-0.3, -0.25) is 0 Å². The van der Waals surface area contributed by atoms with Crippen LogP contribution in [-0.2, 0) is 4.74 Å². The fourth-order valence-corrected chi connectivity index (χ4v) is 1.30. The van der Waals surface area contributed by atoms with Crippen molar-refractivity contribution < 1.29 is 22.3 Å². The number of halogens is 4. The minimum absolute atomic E-state index is 0.116. The van der Waals surface area contributed by atoms with Gasteiger partial charge in [0.15, 0.2) is 0 Å². The van der Waals surface area contributed by atoms with Gasteiger partial charge in [0.2, 0.25) is 0 Å². The first-order chi connectivity index (χ1) is 8.29. The predicted molar refractivity (Wildman–Crippen MR) is 60.9 cm³/mol. The lowest BCUT2D eigenvalue weighted by molar-refractivity contribution is -0.172. The van der Waals surface area contributed by atoms with Crippen LogP contribution in [0.3, 0.4) is 0 Å². The third-order valence-electron chi connectivity index (χ3n) is 2.16. The number of nitrogens with one attached hydrogen (secondary N) is 1. The number of aryl methyl sites for hydroxylation is 1. The van der Waals surface area contributed by atoms with E-state index in [1.54, 1.807) is 6.92 Å². The van der Waals surface area contributed by atoms with Gasteiger partial charge in [-0.05, 0) is 24.6 Å². The Kier molecular flexibility index (Phi) is 4.77. The quantitative estimate of drug-likeness (QED) is 0.489. The van der Waals surface area contributed by atoms with Gasteiger partial charge in [0.25, 0.3) is 0 Å². The van der Waals surface area contributed by atoms with Crippen LogP contribution in [0.15, 0.2) is 12.1 Å². The zero-order chi connectivity index (χ0) is 13.8. The summed E-state index contributed by atoms with van der Waals surface area (Å²) in [6, 6.07) is 2.66. The van der Waals surface area contributed by atoms with Gasteiger partial charge < -0.3 is 15.8 Å².